The number of hydrogen-bond acceptors (Lipinski definition) is 6. The Labute approximate surface area is 226 Å². The van der Waals surface area contributed by atoms with E-state index in [-0.39, 0.29) is 11.3 Å². The van der Waals surface area contributed by atoms with Crippen molar-refractivity contribution in [2.24, 2.45) is 0 Å². The summed E-state index contributed by atoms with van der Waals surface area (Å²) in [5, 5.41) is 10.4. The number of benzene rings is 2. The second-order valence-electron chi connectivity index (χ2n) is 9.08. The molecule has 0 fully saturated rings. The molecule has 7 aromatic rings. The molecule has 0 spiro atoms. The summed E-state index contributed by atoms with van der Waals surface area (Å²) in [6.45, 7) is 0. The maximum absolute atomic E-state index is 16.2. The van der Waals surface area contributed by atoms with Gasteiger partial charge in [0.05, 0.1) is 22.8 Å². The van der Waals surface area contributed by atoms with Gasteiger partial charge in [-0.05, 0) is 54.1 Å². The number of halogens is 1. The van der Waals surface area contributed by atoms with Gasteiger partial charge in [0.15, 0.2) is 11.5 Å². The van der Waals surface area contributed by atoms with Crippen LogP contribution < -0.4 is 5.32 Å². The molecule has 0 saturated carbocycles. The van der Waals surface area contributed by atoms with Crippen molar-refractivity contribution < 1.29 is 9.18 Å². The minimum absolute atomic E-state index is 0.278. The van der Waals surface area contributed by atoms with E-state index in [0.29, 0.717) is 50.6 Å². The van der Waals surface area contributed by atoms with Gasteiger partial charge in [-0.15, -0.1) is 0 Å². The number of aromatic amines is 2. The van der Waals surface area contributed by atoms with Crippen LogP contribution >= 0.6 is 0 Å². The first kappa shape index (κ1) is 23.4. The smallest absolute Gasteiger partial charge is 0.255 e. The zero-order valence-corrected chi connectivity index (χ0v) is 20.8. The number of amides is 1. The largest absolute Gasteiger partial charge is 0.321 e. The summed E-state index contributed by atoms with van der Waals surface area (Å²) in [4.78, 5) is 33.3. The predicted molar refractivity (Wildman–Crippen MR) is 150 cm³/mol. The number of fused-ring (bicyclic) bond motifs is 2. The van der Waals surface area contributed by atoms with E-state index >= 15 is 4.39 Å². The Bertz CT molecular complexity index is 2020. The molecule has 0 bridgehead atoms. The molecule has 5 aromatic heterocycles. The fourth-order valence-electron chi connectivity index (χ4n) is 4.70. The molecule has 5 heterocycles. The Morgan fingerprint density at radius 2 is 1.70 bits per heavy atom. The molecular weight excluding hydrogens is 507 g/mol. The van der Waals surface area contributed by atoms with Gasteiger partial charge >= 0.3 is 0 Å². The summed E-state index contributed by atoms with van der Waals surface area (Å²) in [5.74, 6) is -0.386. The third-order valence-electron chi connectivity index (χ3n) is 6.61. The second-order valence-corrected chi connectivity index (χ2v) is 9.08. The lowest BCUT2D eigenvalue weighted by molar-refractivity contribution is 0.102. The van der Waals surface area contributed by atoms with Crippen molar-refractivity contribution in [3.63, 3.8) is 0 Å². The average Bonchev–Trinajstić information content (AvgIpc) is 3.63. The van der Waals surface area contributed by atoms with Gasteiger partial charge in [0.2, 0.25) is 0 Å². The first-order chi connectivity index (χ1) is 19.7. The molecule has 3 N–H and O–H groups in total. The standard InChI is InChI=1S/C30H19FN8O/c31-25-21(19-14-20(16-33-15-19)35-30(40)18-4-2-1-3-5-18)6-7-23-24(25)27(39-38-23)29-36-26-22(10-13-34-28(26)37-29)17-8-11-32-12-9-17/h1-16H,(H,35,40)(H,38,39)(H,34,36,37). The van der Waals surface area contributed by atoms with E-state index in [0.717, 1.165) is 11.1 Å². The molecule has 2 aromatic carbocycles. The number of anilines is 1. The van der Waals surface area contributed by atoms with Gasteiger partial charge in [0, 0.05) is 47.0 Å². The van der Waals surface area contributed by atoms with Crippen molar-refractivity contribution in [1.82, 2.24) is 35.1 Å². The molecule has 192 valence electrons. The van der Waals surface area contributed by atoms with E-state index < -0.39 is 5.82 Å². The molecule has 1 amide bonds. The van der Waals surface area contributed by atoms with Gasteiger partial charge in [0.25, 0.3) is 5.91 Å². The fourth-order valence-corrected chi connectivity index (χ4v) is 4.70. The molecule has 0 aliphatic heterocycles. The zero-order valence-electron chi connectivity index (χ0n) is 20.8. The highest BCUT2D eigenvalue weighted by atomic mass is 19.1. The van der Waals surface area contributed by atoms with E-state index in [1.54, 1.807) is 67.3 Å². The van der Waals surface area contributed by atoms with Gasteiger partial charge < -0.3 is 10.3 Å². The van der Waals surface area contributed by atoms with Crippen molar-refractivity contribution in [3.05, 3.63) is 109 Å². The van der Waals surface area contributed by atoms with E-state index in [1.807, 2.05) is 24.3 Å². The van der Waals surface area contributed by atoms with Gasteiger partial charge in [-0.25, -0.2) is 14.4 Å². The molecule has 40 heavy (non-hydrogen) atoms. The number of nitrogens with one attached hydrogen (secondary N) is 3. The first-order valence-electron chi connectivity index (χ1n) is 12.4. The topological polar surface area (TPSA) is 125 Å². The van der Waals surface area contributed by atoms with E-state index in [9.17, 15) is 4.79 Å². The number of carbonyl (C=O) groups is 1. The molecule has 0 atom stereocenters. The predicted octanol–water partition coefficient (Wildman–Crippen LogP) is 6.02. The van der Waals surface area contributed by atoms with E-state index in [1.165, 1.54) is 6.20 Å². The Morgan fingerprint density at radius 1 is 0.850 bits per heavy atom. The summed E-state index contributed by atoms with van der Waals surface area (Å²) in [5.41, 5.74) is 5.62. The maximum atomic E-state index is 16.2. The molecule has 0 unspecified atom stereocenters. The summed E-state index contributed by atoms with van der Waals surface area (Å²) < 4.78 is 16.2. The molecule has 0 aliphatic carbocycles. The van der Waals surface area contributed by atoms with Gasteiger partial charge in [-0.1, -0.05) is 18.2 Å². The monoisotopic (exact) mass is 526 g/mol. The second kappa shape index (κ2) is 9.52. The van der Waals surface area contributed by atoms with Crippen LogP contribution in [0.5, 0.6) is 0 Å². The minimum atomic E-state index is -0.489. The quantitative estimate of drug-likeness (QED) is 0.252. The third kappa shape index (κ3) is 4.04. The van der Waals surface area contributed by atoms with Crippen LogP contribution in [0.15, 0.2) is 97.7 Å². The molecule has 7 rings (SSSR count). The van der Waals surface area contributed by atoms with Crippen molar-refractivity contribution >= 4 is 33.7 Å². The molecule has 0 saturated heterocycles. The Morgan fingerprint density at radius 3 is 2.55 bits per heavy atom. The van der Waals surface area contributed by atoms with E-state index in [2.05, 4.69) is 35.5 Å². The van der Waals surface area contributed by atoms with Crippen LogP contribution in [0, 0.1) is 5.82 Å². The molecule has 9 nitrogen and oxygen atoms in total. The summed E-state index contributed by atoms with van der Waals surface area (Å²) in [7, 11) is 0. The molecular formula is C30H19FN8O. The number of aromatic nitrogens is 7. The lowest BCUT2D eigenvalue weighted by Crippen LogP contribution is -2.11. The van der Waals surface area contributed by atoms with Crippen LogP contribution in [0.25, 0.3) is 55.8 Å². The van der Waals surface area contributed by atoms with Gasteiger partial charge in [0.1, 0.15) is 17.0 Å². The van der Waals surface area contributed by atoms with Crippen LogP contribution in [0.1, 0.15) is 10.4 Å². The Kier molecular flexibility index (Phi) is 5.56. The van der Waals surface area contributed by atoms with Crippen LogP contribution in [-0.2, 0) is 0 Å². The third-order valence-corrected chi connectivity index (χ3v) is 6.61. The number of hydrogen-bond donors (Lipinski definition) is 3. The normalized spacial score (nSPS) is 11.2. The minimum Gasteiger partial charge on any atom is -0.321 e. The van der Waals surface area contributed by atoms with Crippen LogP contribution in [0.3, 0.4) is 0 Å². The number of H-pyrrole nitrogens is 2. The number of imidazole rings is 1. The number of nitrogens with zero attached hydrogens (tertiary/aromatic N) is 5. The van der Waals surface area contributed by atoms with Crippen LogP contribution in [-0.4, -0.2) is 41.0 Å². The van der Waals surface area contributed by atoms with Crippen molar-refractivity contribution in [2.45, 2.75) is 0 Å². The summed E-state index contributed by atoms with van der Waals surface area (Å²) in [6, 6.07) is 19.6. The molecule has 10 heteroatoms. The highest BCUT2D eigenvalue weighted by Gasteiger charge is 2.21. The lowest BCUT2D eigenvalue weighted by Gasteiger charge is -2.09. The number of carbonyl (C=O) groups excluding carboxylic acids is 1. The van der Waals surface area contributed by atoms with Crippen molar-refractivity contribution in [1.29, 1.82) is 0 Å². The highest BCUT2D eigenvalue weighted by Crippen LogP contribution is 2.35. The van der Waals surface area contributed by atoms with Crippen LogP contribution in [0.4, 0.5) is 10.1 Å². The van der Waals surface area contributed by atoms with E-state index in [4.69, 9.17) is 4.98 Å². The van der Waals surface area contributed by atoms with Crippen LogP contribution in [0.2, 0.25) is 0 Å². The Balaban J connectivity index is 1.29. The fraction of sp³-hybridized carbons (Fsp3) is 0. The summed E-state index contributed by atoms with van der Waals surface area (Å²) >= 11 is 0. The zero-order chi connectivity index (χ0) is 27.1. The molecule has 0 radical (unpaired) electrons. The van der Waals surface area contributed by atoms with Crippen molar-refractivity contribution in [2.75, 3.05) is 5.32 Å². The lowest BCUT2D eigenvalue weighted by atomic mass is 10.0. The average molecular weight is 527 g/mol. The number of rotatable bonds is 5. The first-order valence-corrected chi connectivity index (χ1v) is 12.4. The number of pyridine rings is 3. The highest BCUT2D eigenvalue weighted by molar-refractivity contribution is 6.04. The maximum Gasteiger partial charge on any atom is 0.255 e. The SMILES string of the molecule is O=C(Nc1cncc(-c2ccc3[nH]nc(-c4nc5c(-c6ccncc6)ccnc5[nH]4)c3c2F)c1)c1ccccc1. The van der Waals surface area contributed by atoms with Crippen molar-refractivity contribution in [3.8, 4) is 33.8 Å². The van der Waals surface area contributed by atoms with Gasteiger partial charge in [-0.2, -0.15) is 5.10 Å². The Hall–Kier alpha value is -5.77. The summed E-state index contributed by atoms with van der Waals surface area (Å²) in [6.07, 6.45) is 8.19. The molecule has 0 aliphatic rings. The van der Waals surface area contributed by atoms with Gasteiger partial charge in [-0.3, -0.25) is 19.9 Å².